The quantitative estimate of drug-likeness (QED) is 0.362. The van der Waals surface area contributed by atoms with Crippen LogP contribution in [0.3, 0.4) is 0 Å². The van der Waals surface area contributed by atoms with Crippen molar-refractivity contribution in [3.8, 4) is 0 Å². The van der Waals surface area contributed by atoms with E-state index in [1.54, 1.807) is 0 Å². The zero-order valence-electron chi connectivity index (χ0n) is 18.0. The molecule has 0 bridgehead atoms. The van der Waals surface area contributed by atoms with Gasteiger partial charge in [-0.15, -0.1) is 0 Å². The van der Waals surface area contributed by atoms with Gasteiger partial charge in [0.1, 0.15) is 5.57 Å². The van der Waals surface area contributed by atoms with Gasteiger partial charge in [-0.1, -0.05) is 31.9 Å². The number of nitrogens with one attached hydrogen (secondary N) is 2. The van der Waals surface area contributed by atoms with Crippen LogP contribution in [0.4, 0.5) is 10.5 Å². The fourth-order valence-corrected chi connectivity index (χ4v) is 4.01. The molecule has 4 rings (SSSR count). The number of hydrogen-bond acceptors (Lipinski definition) is 4. The summed E-state index contributed by atoms with van der Waals surface area (Å²) in [7, 11) is 4.05. The van der Waals surface area contributed by atoms with Crippen molar-refractivity contribution in [3.05, 3.63) is 47.5 Å². The molecule has 7 heteroatoms. The predicted octanol–water partition coefficient (Wildman–Crippen LogP) is 3.80. The van der Waals surface area contributed by atoms with Gasteiger partial charge in [0.25, 0.3) is 11.8 Å². The van der Waals surface area contributed by atoms with Crippen molar-refractivity contribution in [2.45, 2.75) is 32.7 Å². The molecule has 2 N–H and O–H groups in total. The van der Waals surface area contributed by atoms with Crippen molar-refractivity contribution in [1.82, 2.24) is 15.2 Å². The first kappa shape index (κ1) is 20.7. The Morgan fingerprint density at radius 1 is 0.903 bits per heavy atom. The summed E-state index contributed by atoms with van der Waals surface area (Å²) in [6.45, 7) is 3.08. The van der Waals surface area contributed by atoms with E-state index in [0.717, 1.165) is 48.0 Å². The topological polar surface area (TPSA) is 83.4 Å². The van der Waals surface area contributed by atoms with Gasteiger partial charge in [-0.05, 0) is 42.3 Å². The molecule has 160 valence electrons. The summed E-state index contributed by atoms with van der Waals surface area (Å²) < 4.78 is 2.31. The number of carbonyl (C=O) groups excluding carboxylic acids is 3. The van der Waals surface area contributed by atoms with Gasteiger partial charge >= 0.3 is 6.03 Å². The summed E-state index contributed by atoms with van der Waals surface area (Å²) >= 11 is 0. The number of hydrogen-bond donors (Lipinski definition) is 2. The Hall–Kier alpha value is -3.61. The first-order valence-corrected chi connectivity index (χ1v) is 10.5. The summed E-state index contributed by atoms with van der Waals surface area (Å²) in [6.07, 6.45) is 4.89. The van der Waals surface area contributed by atoms with E-state index in [0.29, 0.717) is 0 Å². The first-order chi connectivity index (χ1) is 14.9. The van der Waals surface area contributed by atoms with E-state index in [9.17, 15) is 14.4 Å². The lowest BCUT2D eigenvalue weighted by atomic mass is 10.1. The van der Waals surface area contributed by atoms with Crippen LogP contribution in [0.25, 0.3) is 27.9 Å². The van der Waals surface area contributed by atoms with Crippen molar-refractivity contribution in [2.75, 3.05) is 19.0 Å². The maximum absolute atomic E-state index is 12.1. The van der Waals surface area contributed by atoms with Crippen LogP contribution in [0.1, 0.15) is 31.7 Å². The van der Waals surface area contributed by atoms with E-state index >= 15 is 0 Å². The number of anilines is 1. The van der Waals surface area contributed by atoms with Gasteiger partial charge in [0.05, 0.1) is 0 Å². The van der Waals surface area contributed by atoms with Gasteiger partial charge in [-0.2, -0.15) is 0 Å². The molecule has 1 aromatic heterocycles. The fraction of sp³-hybridized carbons (Fsp3) is 0.292. The second kappa shape index (κ2) is 8.26. The van der Waals surface area contributed by atoms with Gasteiger partial charge in [0.2, 0.25) is 0 Å². The second-order valence-corrected chi connectivity index (χ2v) is 8.03. The number of carbonyl (C=O) groups is 3. The minimum absolute atomic E-state index is 0.0810. The number of amides is 4. The van der Waals surface area contributed by atoms with Crippen molar-refractivity contribution in [2.24, 2.45) is 0 Å². The Morgan fingerprint density at radius 3 is 2.32 bits per heavy atom. The third-order valence-corrected chi connectivity index (χ3v) is 5.63. The molecule has 1 aliphatic rings. The van der Waals surface area contributed by atoms with Crippen molar-refractivity contribution in [1.29, 1.82) is 0 Å². The lowest BCUT2D eigenvalue weighted by Gasteiger charge is -2.14. The first-order valence-electron chi connectivity index (χ1n) is 10.5. The molecule has 2 heterocycles. The average Bonchev–Trinajstić information content (AvgIpc) is 3.03. The molecule has 0 saturated carbocycles. The lowest BCUT2D eigenvalue weighted by molar-refractivity contribution is -0.123. The largest absolute Gasteiger partial charge is 0.378 e. The van der Waals surface area contributed by atoms with E-state index in [4.69, 9.17) is 0 Å². The Kier molecular flexibility index (Phi) is 5.50. The van der Waals surface area contributed by atoms with Gasteiger partial charge in [0.15, 0.2) is 0 Å². The number of fused-ring (bicyclic) bond motifs is 3. The average molecular weight is 418 g/mol. The summed E-state index contributed by atoms with van der Waals surface area (Å²) in [6, 6.07) is 11.6. The van der Waals surface area contributed by atoms with Crippen molar-refractivity contribution < 1.29 is 14.4 Å². The van der Waals surface area contributed by atoms with Gasteiger partial charge < -0.3 is 9.47 Å². The number of imide groups is 2. The minimum atomic E-state index is -0.796. The number of aryl methyl sites for hydroxylation is 1. The minimum Gasteiger partial charge on any atom is -0.378 e. The van der Waals surface area contributed by atoms with Gasteiger partial charge in [0, 0.05) is 48.1 Å². The monoisotopic (exact) mass is 418 g/mol. The third-order valence-electron chi connectivity index (χ3n) is 5.63. The van der Waals surface area contributed by atoms with E-state index in [2.05, 4.69) is 45.2 Å². The van der Waals surface area contributed by atoms with Crippen LogP contribution >= 0.6 is 0 Å². The van der Waals surface area contributed by atoms with Gasteiger partial charge in [-0.25, -0.2) is 4.79 Å². The summed E-state index contributed by atoms with van der Waals surface area (Å²) in [5, 5.41) is 6.53. The second-order valence-electron chi connectivity index (χ2n) is 8.03. The van der Waals surface area contributed by atoms with Crippen LogP contribution in [0.2, 0.25) is 0 Å². The van der Waals surface area contributed by atoms with Crippen LogP contribution < -0.4 is 15.5 Å². The zero-order valence-corrected chi connectivity index (χ0v) is 18.0. The van der Waals surface area contributed by atoms with Crippen LogP contribution in [0.5, 0.6) is 0 Å². The molecule has 0 radical (unpaired) electrons. The summed E-state index contributed by atoms with van der Waals surface area (Å²) in [5.74, 6) is -1.37. The fourth-order valence-electron chi connectivity index (χ4n) is 4.01. The smallest absolute Gasteiger partial charge is 0.328 e. The number of benzene rings is 2. The highest BCUT2D eigenvalue weighted by Crippen LogP contribution is 2.33. The molecular formula is C24H26N4O3. The van der Waals surface area contributed by atoms with Crippen molar-refractivity contribution >= 4 is 51.4 Å². The van der Waals surface area contributed by atoms with E-state index in [-0.39, 0.29) is 5.57 Å². The van der Waals surface area contributed by atoms with Crippen LogP contribution in [0.15, 0.2) is 42.0 Å². The third kappa shape index (κ3) is 3.91. The molecule has 3 aromatic rings. The Bertz CT molecular complexity index is 1210. The highest BCUT2D eigenvalue weighted by Gasteiger charge is 2.27. The highest BCUT2D eigenvalue weighted by molar-refractivity contribution is 6.31. The molecular weight excluding hydrogens is 392 g/mol. The predicted molar refractivity (Wildman–Crippen MR) is 123 cm³/mol. The standard InChI is InChI=1S/C24H26N4O3/c1-4-5-6-11-28-20-10-8-16(27(2)3)14-18(20)17-9-7-15(13-21(17)28)12-19-22(29)25-24(31)26-23(19)30/h7-10,12-14H,4-6,11H2,1-3H3,(H2,25,26,29,30,31). The number of rotatable bonds is 6. The number of unbranched alkanes of at least 4 members (excludes halogenated alkanes) is 2. The molecule has 31 heavy (non-hydrogen) atoms. The summed E-state index contributed by atoms with van der Waals surface area (Å²) in [5.41, 5.74) is 4.01. The molecule has 0 aliphatic carbocycles. The Labute approximate surface area is 180 Å². The summed E-state index contributed by atoms with van der Waals surface area (Å²) in [4.78, 5) is 37.6. The van der Waals surface area contributed by atoms with Crippen LogP contribution in [-0.2, 0) is 16.1 Å². The number of aromatic nitrogens is 1. The van der Waals surface area contributed by atoms with Crippen LogP contribution in [0, 0.1) is 0 Å². The molecule has 2 aromatic carbocycles. The zero-order chi connectivity index (χ0) is 22.1. The van der Waals surface area contributed by atoms with E-state index in [1.807, 2.05) is 32.3 Å². The molecule has 1 aliphatic heterocycles. The molecule has 1 fully saturated rings. The van der Waals surface area contributed by atoms with Crippen molar-refractivity contribution in [3.63, 3.8) is 0 Å². The Morgan fingerprint density at radius 2 is 1.65 bits per heavy atom. The van der Waals surface area contributed by atoms with Gasteiger partial charge in [-0.3, -0.25) is 20.2 Å². The highest BCUT2D eigenvalue weighted by atomic mass is 16.2. The Balaban J connectivity index is 1.85. The SMILES string of the molecule is CCCCCn1c2ccc(N(C)C)cc2c2ccc(C=C3C(=O)NC(=O)NC3=O)cc21. The molecule has 0 atom stereocenters. The van der Waals surface area contributed by atoms with E-state index in [1.165, 1.54) is 17.0 Å². The lowest BCUT2D eigenvalue weighted by Crippen LogP contribution is -2.51. The molecule has 0 spiro atoms. The molecule has 1 saturated heterocycles. The normalized spacial score (nSPS) is 14.2. The molecule has 0 unspecified atom stereocenters. The number of barbiturate groups is 1. The molecule has 4 amide bonds. The molecule has 7 nitrogen and oxygen atoms in total. The maximum Gasteiger partial charge on any atom is 0.328 e. The maximum atomic E-state index is 12.1. The number of nitrogens with zero attached hydrogens (tertiary/aromatic N) is 2. The number of urea groups is 1. The van der Waals surface area contributed by atoms with E-state index < -0.39 is 17.8 Å². The van der Waals surface area contributed by atoms with Crippen LogP contribution in [-0.4, -0.2) is 36.5 Å².